The maximum Gasteiger partial charge on any atom is 0.150 e. The summed E-state index contributed by atoms with van der Waals surface area (Å²) in [4.78, 5) is 12.4. The molecule has 4 rings (SSSR count). The fraction of sp³-hybridized carbons (Fsp3) is 0.158. The zero-order valence-corrected chi connectivity index (χ0v) is 14.2. The van der Waals surface area contributed by atoms with Crippen molar-refractivity contribution in [1.29, 1.82) is 0 Å². The first-order chi connectivity index (χ1) is 12.2. The number of aryl methyl sites for hydroxylation is 1. The third-order valence-electron chi connectivity index (χ3n) is 4.25. The maximum absolute atomic E-state index is 9.00. The number of H-pyrrole nitrogens is 1. The fourth-order valence-electron chi connectivity index (χ4n) is 3.00. The molecule has 2 heterocycles. The van der Waals surface area contributed by atoms with Crippen LogP contribution in [0.1, 0.15) is 12.2 Å². The van der Waals surface area contributed by atoms with Crippen LogP contribution < -0.4 is 5.73 Å². The van der Waals surface area contributed by atoms with Gasteiger partial charge in [0.05, 0.1) is 5.52 Å². The van der Waals surface area contributed by atoms with Crippen LogP contribution in [0, 0.1) is 0 Å². The number of fused-ring (bicyclic) bond motifs is 3. The number of nitrogens with one attached hydrogen (secondary N) is 1. The molecule has 6 heteroatoms. The van der Waals surface area contributed by atoms with Crippen molar-refractivity contribution in [3.63, 3.8) is 0 Å². The zero-order valence-electron chi connectivity index (χ0n) is 13.5. The molecule has 2 aromatic carbocycles. The molecule has 4 aromatic rings. The molecule has 0 amide bonds. The van der Waals surface area contributed by atoms with E-state index in [4.69, 9.17) is 22.4 Å². The number of halogens is 1. The Kier molecular flexibility index (Phi) is 4.03. The Labute approximate surface area is 149 Å². The van der Waals surface area contributed by atoms with E-state index in [-0.39, 0.29) is 6.61 Å². The Morgan fingerprint density at radius 2 is 1.80 bits per heavy atom. The fourth-order valence-corrected chi connectivity index (χ4v) is 3.13. The normalized spacial score (nSPS) is 11.4. The van der Waals surface area contributed by atoms with E-state index < -0.39 is 0 Å². The number of nitrogen functional groups attached to an aromatic ring is 1. The SMILES string of the molecule is Nc1nc2cc(-c3ccc(Cl)cc3)ccc2c2nc(CCCO)[nH]c12. The molecule has 0 saturated heterocycles. The van der Waals surface area contributed by atoms with E-state index in [1.165, 1.54) is 0 Å². The maximum atomic E-state index is 9.00. The molecule has 0 atom stereocenters. The largest absolute Gasteiger partial charge is 0.396 e. The number of imidazole rings is 1. The van der Waals surface area contributed by atoms with Crippen molar-refractivity contribution in [3.8, 4) is 11.1 Å². The highest BCUT2D eigenvalue weighted by atomic mass is 35.5. The number of hydrogen-bond donors (Lipinski definition) is 3. The lowest BCUT2D eigenvalue weighted by atomic mass is 10.0. The van der Waals surface area contributed by atoms with Crippen molar-refractivity contribution in [1.82, 2.24) is 15.0 Å². The highest BCUT2D eigenvalue weighted by Gasteiger charge is 2.12. The molecular formula is C19H17ClN4O. The van der Waals surface area contributed by atoms with Gasteiger partial charge < -0.3 is 15.8 Å². The van der Waals surface area contributed by atoms with Crippen molar-refractivity contribution in [2.45, 2.75) is 12.8 Å². The molecule has 5 nitrogen and oxygen atoms in total. The lowest BCUT2D eigenvalue weighted by Crippen LogP contribution is -1.93. The number of pyridine rings is 1. The summed E-state index contributed by atoms with van der Waals surface area (Å²) in [5.74, 6) is 1.24. The molecule has 0 saturated carbocycles. The first-order valence-electron chi connectivity index (χ1n) is 8.10. The summed E-state index contributed by atoms with van der Waals surface area (Å²) < 4.78 is 0. The summed E-state index contributed by atoms with van der Waals surface area (Å²) in [5.41, 5.74) is 10.6. The highest BCUT2D eigenvalue weighted by Crippen LogP contribution is 2.30. The van der Waals surface area contributed by atoms with Gasteiger partial charge in [-0.25, -0.2) is 9.97 Å². The lowest BCUT2D eigenvalue weighted by Gasteiger charge is -2.06. The zero-order chi connectivity index (χ0) is 17.4. The smallest absolute Gasteiger partial charge is 0.150 e. The second kappa shape index (κ2) is 6.35. The number of nitrogens with zero attached hydrogens (tertiary/aromatic N) is 2. The summed E-state index contributed by atoms with van der Waals surface area (Å²) in [6.45, 7) is 0.135. The minimum Gasteiger partial charge on any atom is -0.396 e. The van der Waals surface area contributed by atoms with Gasteiger partial charge in [-0.15, -0.1) is 0 Å². The predicted molar refractivity (Wildman–Crippen MR) is 102 cm³/mol. The van der Waals surface area contributed by atoms with E-state index >= 15 is 0 Å². The molecule has 0 unspecified atom stereocenters. The molecule has 0 fully saturated rings. The molecule has 0 aliphatic carbocycles. The monoisotopic (exact) mass is 352 g/mol. The van der Waals surface area contributed by atoms with Crippen LogP contribution in [0.25, 0.3) is 33.1 Å². The number of rotatable bonds is 4. The average molecular weight is 353 g/mol. The van der Waals surface area contributed by atoms with Gasteiger partial charge in [0.25, 0.3) is 0 Å². The van der Waals surface area contributed by atoms with Gasteiger partial charge in [0.1, 0.15) is 22.7 Å². The number of anilines is 1. The highest BCUT2D eigenvalue weighted by molar-refractivity contribution is 6.30. The van der Waals surface area contributed by atoms with Gasteiger partial charge >= 0.3 is 0 Å². The Bertz CT molecular complexity index is 1060. The number of nitrogens with two attached hydrogens (primary N) is 1. The van der Waals surface area contributed by atoms with E-state index in [2.05, 4.69) is 15.0 Å². The van der Waals surface area contributed by atoms with Gasteiger partial charge in [0, 0.05) is 23.4 Å². The molecule has 4 N–H and O–H groups in total. The Morgan fingerprint density at radius 3 is 2.56 bits per heavy atom. The van der Waals surface area contributed by atoms with Gasteiger partial charge in [0.2, 0.25) is 0 Å². The molecule has 0 radical (unpaired) electrons. The minimum absolute atomic E-state index is 0.135. The van der Waals surface area contributed by atoms with Crippen molar-refractivity contribution in [3.05, 3.63) is 53.3 Å². The summed E-state index contributed by atoms with van der Waals surface area (Å²) in [6, 6.07) is 13.8. The average Bonchev–Trinajstić information content (AvgIpc) is 3.05. The predicted octanol–water partition coefficient (Wildman–Crippen LogP) is 3.94. The van der Waals surface area contributed by atoms with E-state index in [0.717, 1.165) is 38.9 Å². The van der Waals surface area contributed by atoms with Gasteiger partial charge in [-0.3, -0.25) is 0 Å². The lowest BCUT2D eigenvalue weighted by molar-refractivity contribution is 0.287. The molecule has 2 aromatic heterocycles. The number of benzene rings is 2. The van der Waals surface area contributed by atoms with Crippen LogP contribution in [0.2, 0.25) is 5.02 Å². The van der Waals surface area contributed by atoms with E-state index in [1.807, 2.05) is 42.5 Å². The molecule has 0 bridgehead atoms. The van der Waals surface area contributed by atoms with Gasteiger partial charge in [-0.2, -0.15) is 0 Å². The Balaban J connectivity index is 1.85. The molecule has 25 heavy (non-hydrogen) atoms. The summed E-state index contributed by atoms with van der Waals surface area (Å²) >= 11 is 5.96. The third kappa shape index (κ3) is 2.92. The minimum atomic E-state index is 0.135. The molecule has 0 aliphatic rings. The number of aliphatic hydroxyl groups excluding tert-OH is 1. The van der Waals surface area contributed by atoms with Crippen molar-refractivity contribution < 1.29 is 5.11 Å². The van der Waals surface area contributed by atoms with Gasteiger partial charge in [0.15, 0.2) is 0 Å². The van der Waals surface area contributed by atoms with Crippen LogP contribution >= 0.6 is 11.6 Å². The van der Waals surface area contributed by atoms with E-state index in [1.54, 1.807) is 0 Å². The topological polar surface area (TPSA) is 87.8 Å². The van der Waals surface area contributed by atoms with E-state index in [0.29, 0.717) is 23.7 Å². The van der Waals surface area contributed by atoms with Crippen LogP contribution in [0.4, 0.5) is 5.82 Å². The number of aliphatic hydroxyl groups is 1. The van der Waals surface area contributed by atoms with Gasteiger partial charge in [-0.05, 0) is 41.8 Å². The summed E-state index contributed by atoms with van der Waals surface area (Å²) in [6.07, 6.45) is 1.33. The standard InChI is InChI=1S/C19H17ClN4O/c20-13-6-3-11(4-7-13)12-5-8-14-15(10-12)22-19(21)18-17(14)23-16(24-18)2-1-9-25/h3-8,10,25H,1-2,9H2,(H2,21,22)(H,23,24). The van der Waals surface area contributed by atoms with Crippen molar-refractivity contribution in [2.75, 3.05) is 12.3 Å². The van der Waals surface area contributed by atoms with Crippen LogP contribution in [0.5, 0.6) is 0 Å². The quantitative estimate of drug-likeness (QED) is 0.519. The van der Waals surface area contributed by atoms with Crippen LogP contribution in [0.3, 0.4) is 0 Å². The van der Waals surface area contributed by atoms with Crippen LogP contribution in [-0.2, 0) is 6.42 Å². The van der Waals surface area contributed by atoms with E-state index in [9.17, 15) is 0 Å². The first kappa shape index (κ1) is 15.9. The number of aromatic amines is 1. The number of aromatic nitrogens is 3. The second-order valence-electron chi connectivity index (χ2n) is 5.97. The first-order valence-corrected chi connectivity index (χ1v) is 8.48. The summed E-state index contributed by atoms with van der Waals surface area (Å²) in [5, 5.41) is 10.7. The molecule has 126 valence electrons. The molecular weight excluding hydrogens is 336 g/mol. The number of hydrogen-bond acceptors (Lipinski definition) is 4. The van der Waals surface area contributed by atoms with Crippen molar-refractivity contribution in [2.24, 2.45) is 0 Å². The van der Waals surface area contributed by atoms with Crippen LogP contribution in [0.15, 0.2) is 42.5 Å². The molecule has 0 aliphatic heterocycles. The Morgan fingerprint density at radius 1 is 1.04 bits per heavy atom. The van der Waals surface area contributed by atoms with Crippen molar-refractivity contribution >= 4 is 39.4 Å². The third-order valence-corrected chi connectivity index (χ3v) is 4.50. The Hall–Kier alpha value is -2.63. The molecule has 0 spiro atoms. The van der Waals surface area contributed by atoms with Crippen LogP contribution in [-0.4, -0.2) is 26.7 Å². The second-order valence-corrected chi connectivity index (χ2v) is 6.41. The summed E-state index contributed by atoms with van der Waals surface area (Å²) in [7, 11) is 0. The van der Waals surface area contributed by atoms with Gasteiger partial charge in [-0.1, -0.05) is 29.8 Å².